The molecule has 2 aromatic rings. The van der Waals surface area contributed by atoms with Crippen molar-refractivity contribution < 1.29 is 12.8 Å². The molecule has 0 atom stereocenters. The Bertz CT molecular complexity index is 649. The molecule has 18 heavy (non-hydrogen) atoms. The first-order valence-corrected chi connectivity index (χ1v) is 6.73. The van der Waals surface area contributed by atoms with Crippen LogP contribution in [0.25, 0.3) is 0 Å². The van der Waals surface area contributed by atoms with Crippen molar-refractivity contribution in [1.82, 2.24) is 4.98 Å². The number of pyridine rings is 1. The highest BCUT2D eigenvalue weighted by Gasteiger charge is 2.18. The third-order valence-corrected chi connectivity index (χ3v) is 3.48. The average Bonchev–Trinajstić information content (AvgIpc) is 2.77. The van der Waals surface area contributed by atoms with Crippen molar-refractivity contribution in [1.29, 1.82) is 0 Å². The van der Waals surface area contributed by atoms with Crippen molar-refractivity contribution in [3.8, 4) is 0 Å². The van der Waals surface area contributed by atoms with Crippen LogP contribution >= 0.6 is 0 Å². The molecule has 2 rings (SSSR count). The van der Waals surface area contributed by atoms with Crippen LogP contribution in [0.1, 0.15) is 11.3 Å². The molecular weight excluding hydrogens is 254 g/mol. The van der Waals surface area contributed by atoms with Gasteiger partial charge in [-0.3, -0.25) is 9.71 Å². The van der Waals surface area contributed by atoms with Crippen LogP contribution in [-0.2, 0) is 16.6 Å². The highest BCUT2D eigenvalue weighted by Crippen LogP contribution is 2.18. The first kappa shape index (κ1) is 12.6. The Morgan fingerprint density at radius 2 is 2.17 bits per heavy atom. The minimum absolute atomic E-state index is 0.154. The zero-order valence-corrected chi connectivity index (χ0v) is 10.6. The van der Waals surface area contributed by atoms with Crippen LogP contribution in [0.4, 0.5) is 5.69 Å². The van der Waals surface area contributed by atoms with Gasteiger partial charge in [-0.25, -0.2) is 0 Å². The van der Waals surface area contributed by atoms with Crippen molar-refractivity contribution in [2.45, 2.75) is 18.6 Å². The number of furan rings is 1. The van der Waals surface area contributed by atoms with Crippen LogP contribution in [0.15, 0.2) is 40.1 Å². The largest absolute Gasteiger partial charge is 0.446 e. The van der Waals surface area contributed by atoms with E-state index in [1.165, 1.54) is 18.3 Å². The molecule has 3 N–H and O–H groups in total. The Morgan fingerprint density at radius 3 is 2.78 bits per heavy atom. The van der Waals surface area contributed by atoms with E-state index >= 15 is 0 Å². The van der Waals surface area contributed by atoms with Gasteiger partial charge in [0, 0.05) is 6.20 Å². The van der Waals surface area contributed by atoms with E-state index in [2.05, 4.69) is 9.71 Å². The number of hydrogen-bond donors (Lipinski definition) is 2. The van der Waals surface area contributed by atoms with Gasteiger partial charge in [0.2, 0.25) is 5.09 Å². The van der Waals surface area contributed by atoms with Crippen LogP contribution in [-0.4, -0.2) is 13.4 Å². The molecule has 0 fully saturated rings. The van der Waals surface area contributed by atoms with E-state index in [0.717, 1.165) is 5.56 Å². The first-order chi connectivity index (χ1) is 8.51. The lowest BCUT2D eigenvalue weighted by atomic mass is 10.3. The molecule has 0 saturated carbocycles. The van der Waals surface area contributed by atoms with Crippen LogP contribution in [0, 0.1) is 6.92 Å². The van der Waals surface area contributed by atoms with E-state index in [9.17, 15) is 8.42 Å². The Hall–Kier alpha value is -1.86. The monoisotopic (exact) mass is 267 g/mol. The minimum atomic E-state index is -3.73. The molecule has 0 spiro atoms. The highest BCUT2D eigenvalue weighted by molar-refractivity contribution is 7.92. The number of nitrogens with one attached hydrogen (secondary N) is 1. The van der Waals surface area contributed by atoms with E-state index in [0.29, 0.717) is 11.4 Å². The number of nitrogens with two attached hydrogens (primary N) is 1. The molecule has 0 saturated heterocycles. The fourth-order valence-corrected chi connectivity index (χ4v) is 2.42. The standard InChI is InChI=1S/C11H13N3O3S/c1-8-4-9(7-13-6-8)14-18(15,16)11-3-2-10(5-12)17-11/h2-4,6-7,14H,5,12H2,1H3. The molecule has 0 amide bonds. The molecule has 0 aliphatic carbocycles. The van der Waals surface area contributed by atoms with Gasteiger partial charge in [0.25, 0.3) is 10.0 Å². The number of rotatable bonds is 4. The van der Waals surface area contributed by atoms with Crippen molar-refractivity contribution in [2.75, 3.05) is 4.72 Å². The topological polar surface area (TPSA) is 98.2 Å². The molecule has 0 aliphatic rings. The highest BCUT2D eigenvalue weighted by atomic mass is 32.2. The van der Waals surface area contributed by atoms with Crippen molar-refractivity contribution >= 4 is 15.7 Å². The van der Waals surface area contributed by atoms with E-state index in [4.69, 9.17) is 10.2 Å². The summed E-state index contributed by atoms with van der Waals surface area (Å²) in [5.74, 6) is 0.415. The van der Waals surface area contributed by atoms with Crippen LogP contribution in [0.3, 0.4) is 0 Å². The smallest absolute Gasteiger partial charge is 0.295 e. The van der Waals surface area contributed by atoms with Gasteiger partial charge in [0.15, 0.2) is 0 Å². The van der Waals surface area contributed by atoms with Gasteiger partial charge < -0.3 is 10.2 Å². The zero-order valence-electron chi connectivity index (χ0n) is 9.75. The van der Waals surface area contributed by atoms with Gasteiger partial charge in [-0.1, -0.05) is 0 Å². The lowest BCUT2D eigenvalue weighted by Crippen LogP contribution is -2.12. The Kier molecular flexibility index (Phi) is 3.35. The van der Waals surface area contributed by atoms with Crippen LogP contribution < -0.4 is 10.5 Å². The van der Waals surface area contributed by atoms with Gasteiger partial charge in [-0.15, -0.1) is 0 Å². The fourth-order valence-electron chi connectivity index (χ4n) is 1.43. The molecule has 7 heteroatoms. The lowest BCUT2D eigenvalue weighted by molar-refractivity contribution is 0.417. The number of nitrogens with zero attached hydrogens (tertiary/aromatic N) is 1. The Morgan fingerprint density at radius 1 is 1.39 bits per heavy atom. The summed E-state index contributed by atoms with van der Waals surface area (Å²) in [5.41, 5.74) is 6.61. The van der Waals surface area contributed by atoms with E-state index in [1.54, 1.807) is 12.3 Å². The van der Waals surface area contributed by atoms with E-state index in [-0.39, 0.29) is 11.6 Å². The second-order valence-electron chi connectivity index (χ2n) is 3.78. The summed E-state index contributed by atoms with van der Waals surface area (Å²) in [6.07, 6.45) is 3.06. The Balaban J connectivity index is 2.27. The van der Waals surface area contributed by atoms with Gasteiger partial charge in [0.1, 0.15) is 5.76 Å². The van der Waals surface area contributed by atoms with Crippen LogP contribution in [0.5, 0.6) is 0 Å². The van der Waals surface area contributed by atoms with Crippen LogP contribution in [0.2, 0.25) is 0 Å². The SMILES string of the molecule is Cc1cncc(NS(=O)(=O)c2ccc(CN)o2)c1. The molecule has 2 aromatic heterocycles. The number of sulfonamides is 1. The van der Waals surface area contributed by atoms with Gasteiger partial charge in [-0.2, -0.15) is 8.42 Å². The zero-order chi connectivity index (χ0) is 13.2. The summed E-state index contributed by atoms with van der Waals surface area (Å²) in [6, 6.07) is 4.58. The summed E-state index contributed by atoms with van der Waals surface area (Å²) in [6.45, 7) is 1.98. The van der Waals surface area contributed by atoms with Gasteiger partial charge >= 0.3 is 0 Å². The molecule has 2 heterocycles. The summed E-state index contributed by atoms with van der Waals surface area (Å²) in [7, 11) is -3.73. The van der Waals surface area contributed by atoms with Crippen molar-refractivity contribution in [3.05, 3.63) is 41.9 Å². The number of aryl methyl sites for hydroxylation is 1. The normalized spacial score (nSPS) is 11.4. The second kappa shape index (κ2) is 4.79. The number of hydrogen-bond acceptors (Lipinski definition) is 5. The second-order valence-corrected chi connectivity index (χ2v) is 5.39. The molecule has 6 nitrogen and oxygen atoms in total. The molecule has 0 unspecified atom stereocenters. The quantitative estimate of drug-likeness (QED) is 0.868. The number of anilines is 1. The predicted octanol–water partition coefficient (Wildman–Crippen LogP) is 1.24. The fraction of sp³-hybridized carbons (Fsp3) is 0.182. The molecule has 96 valence electrons. The van der Waals surface area contributed by atoms with E-state index in [1.807, 2.05) is 6.92 Å². The summed E-state index contributed by atoms with van der Waals surface area (Å²) < 4.78 is 31.4. The average molecular weight is 267 g/mol. The first-order valence-electron chi connectivity index (χ1n) is 5.24. The third-order valence-electron chi connectivity index (χ3n) is 2.23. The predicted molar refractivity (Wildman–Crippen MR) is 66.4 cm³/mol. The maximum Gasteiger partial charge on any atom is 0.295 e. The Labute approximate surface area is 105 Å². The molecule has 0 radical (unpaired) electrons. The molecular formula is C11H13N3O3S. The van der Waals surface area contributed by atoms with E-state index < -0.39 is 10.0 Å². The maximum absolute atomic E-state index is 12.0. The molecule has 0 aliphatic heterocycles. The minimum Gasteiger partial charge on any atom is -0.446 e. The van der Waals surface area contributed by atoms with Crippen molar-refractivity contribution in [2.24, 2.45) is 5.73 Å². The maximum atomic E-state index is 12.0. The molecule has 0 bridgehead atoms. The summed E-state index contributed by atoms with van der Waals surface area (Å²) in [5, 5.41) is -0.163. The van der Waals surface area contributed by atoms with Crippen molar-refractivity contribution in [3.63, 3.8) is 0 Å². The molecule has 0 aromatic carbocycles. The summed E-state index contributed by atoms with van der Waals surface area (Å²) >= 11 is 0. The van der Waals surface area contributed by atoms with Gasteiger partial charge in [-0.05, 0) is 30.7 Å². The van der Waals surface area contributed by atoms with Gasteiger partial charge in [0.05, 0.1) is 18.4 Å². The lowest BCUT2D eigenvalue weighted by Gasteiger charge is -2.05. The third kappa shape index (κ3) is 2.69. The summed E-state index contributed by atoms with van der Waals surface area (Å²) in [4.78, 5) is 3.91. The number of aromatic nitrogens is 1.